The summed E-state index contributed by atoms with van der Waals surface area (Å²) in [6, 6.07) is 29.0. The highest BCUT2D eigenvalue weighted by molar-refractivity contribution is 6.03. The minimum absolute atomic E-state index is 0.00252. The van der Waals surface area contributed by atoms with Crippen molar-refractivity contribution in [2.45, 2.75) is 13.2 Å². The summed E-state index contributed by atoms with van der Waals surface area (Å²) in [6.07, 6.45) is 0. The van der Waals surface area contributed by atoms with Crippen LogP contribution in [0.5, 0.6) is 0 Å². The van der Waals surface area contributed by atoms with E-state index in [0.717, 1.165) is 16.7 Å². The van der Waals surface area contributed by atoms with Crippen LogP contribution in [0.1, 0.15) is 31.8 Å². The average molecular weight is 501 g/mol. The van der Waals surface area contributed by atoms with E-state index in [1.165, 1.54) is 12.1 Å². The van der Waals surface area contributed by atoms with Gasteiger partial charge >= 0.3 is 11.9 Å². The number of carbonyl (C=O) groups excluding carboxylic acids is 1. The zero-order valence-corrected chi connectivity index (χ0v) is 19.7. The summed E-state index contributed by atoms with van der Waals surface area (Å²) < 4.78 is 5.04. The van der Waals surface area contributed by atoms with Crippen LogP contribution >= 0.6 is 0 Å². The van der Waals surface area contributed by atoms with E-state index in [0.29, 0.717) is 16.7 Å². The fraction of sp³-hybridized carbons (Fsp3) is 0.103. The minimum atomic E-state index is -1.25. The zero-order valence-electron chi connectivity index (χ0n) is 19.7. The molecule has 0 heterocycles. The van der Waals surface area contributed by atoms with E-state index in [1.54, 1.807) is 6.07 Å². The molecule has 0 aromatic heterocycles. The van der Waals surface area contributed by atoms with Gasteiger partial charge < -0.3 is 9.84 Å². The second-order valence-electron chi connectivity index (χ2n) is 7.98. The summed E-state index contributed by atoms with van der Waals surface area (Å²) in [7, 11) is 0. The fourth-order valence-corrected chi connectivity index (χ4v) is 3.78. The third-order valence-corrected chi connectivity index (χ3v) is 5.65. The number of hydrogen-bond acceptors (Lipinski definition) is 7. The second kappa shape index (κ2) is 12.6. The first kappa shape index (κ1) is 25.7. The van der Waals surface area contributed by atoms with E-state index >= 15 is 0 Å². The number of aromatic carboxylic acids is 1. The van der Waals surface area contributed by atoms with Crippen LogP contribution in [-0.2, 0) is 32.6 Å². The highest BCUT2D eigenvalue weighted by Gasteiger charge is 2.19. The Balaban J connectivity index is 1.34. The van der Waals surface area contributed by atoms with E-state index in [9.17, 15) is 14.7 Å². The van der Waals surface area contributed by atoms with Crippen LogP contribution < -0.4 is 0 Å². The summed E-state index contributed by atoms with van der Waals surface area (Å²) >= 11 is 0. The van der Waals surface area contributed by atoms with Crippen molar-refractivity contribution in [3.05, 3.63) is 119 Å². The molecule has 0 amide bonds. The van der Waals surface area contributed by atoms with Gasteiger partial charge in [0.05, 0.1) is 11.1 Å². The molecule has 0 bridgehead atoms. The van der Waals surface area contributed by atoms with Crippen LogP contribution in [0.15, 0.2) is 97.1 Å². The molecule has 0 atom stereocenters. The molecule has 188 valence electrons. The Morgan fingerprint density at radius 2 is 1.24 bits per heavy atom. The van der Waals surface area contributed by atoms with Gasteiger partial charge in [0.2, 0.25) is 6.79 Å². The van der Waals surface area contributed by atoms with E-state index in [-0.39, 0.29) is 24.3 Å². The maximum absolute atomic E-state index is 12.5. The molecule has 4 rings (SSSR count). The van der Waals surface area contributed by atoms with E-state index in [4.69, 9.17) is 19.8 Å². The van der Waals surface area contributed by atoms with Crippen molar-refractivity contribution < 1.29 is 39.4 Å². The van der Waals surface area contributed by atoms with Crippen molar-refractivity contribution >= 4 is 11.9 Å². The monoisotopic (exact) mass is 500 g/mol. The first-order valence-corrected chi connectivity index (χ1v) is 11.3. The van der Waals surface area contributed by atoms with Gasteiger partial charge in [-0.1, -0.05) is 78.9 Å². The number of benzene rings is 4. The van der Waals surface area contributed by atoms with Gasteiger partial charge in [0.15, 0.2) is 0 Å². The average Bonchev–Trinajstić information content (AvgIpc) is 2.94. The van der Waals surface area contributed by atoms with Gasteiger partial charge in [-0.15, -0.1) is 0 Å². The molecule has 0 fully saturated rings. The summed E-state index contributed by atoms with van der Waals surface area (Å²) in [5.41, 5.74) is 4.54. The second-order valence-corrected chi connectivity index (χ2v) is 7.98. The number of carbonyl (C=O) groups is 2. The van der Waals surface area contributed by atoms with Gasteiger partial charge in [-0.2, -0.15) is 4.89 Å². The van der Waals surface area contributed by atoms with Crippen LogP contribution in [0.2, 0.25) is 0 Å². The van der Waals surface area contributed by atoms with Crippen molar-refractivity contribution in [2.75, 3.05) is 6.79 Å². The molecule has 4 aromatic carbocycles. The van der Waals surface area contributed by atoms with Crippen LogP contribution in [0.3, 0.4) is 0 Å². The Kier molecular flexibility index (Phi) is 8.75. The lowest BCUT2D eigenvalue weighted by Gasteiger charge is -2.12. The van der Waals surface area contributed by atoms with Gasteiger partial charge in [0, 0.05) is 0 Å². The van der Waals surface area contributed by atoms with Gasteiger partial charge in [-0.3, -0.25) is 5.26 Å². The predicted octanol–water partition coefficient (Wildman–Crippen LogP) is 5.97. The zero-order chi connectivity index (χ0) is 26.0. The van der Waals surface area contributed by atoms with Gasteiger partial charge in [0.25, 0.3) is 0 Å². The lowest BCUT2D eigenvalue weighted by molar-refractivity contribution is -0.335. The Labute approximate surface area is 213 Å². The number of hydrogen-bond donors (Lipinski definition) is 2. The molecule has 0 spiro atoms. The molecule has 37 heavy (non-hydrogen) atoms. The first-order chi connectivity index (χ1) is 18.1. The van der Waals surface area contributed by atoms with E-state index in [1.807, 2.05) is 78.9 Å². The quantitative estimate of drug-likeness (QED) is 0.0852. The molecule has 8 heteroatoms. The largest absolute Gasteiger partial charge is 0.478 e. The van der Waals surface area contributed by atoms with E-state index < -0.39 is 18.7 Å². The molecule has 0 aliphatic carbocycles. The highest BCUT2D eigenvalue weighted by atomic mass is 17.2. The summed E-state index contributed by atoms with van der Waals surface area (Å²) in [6.45, 7) is -0.602. The topological polar surface area (TPSA) is 112 Å². The molecule has 0 radical (unpaired) electrons. The maximum atomic E-state index is 12.5. The van der Waals surface area contributed by atoms with Crippen molar-refractivity contribution in [2.24, 2.45) is 0 Å². The lowest BCUT2D eigenvalue weighted by Crippen LogP contribution is -2.14. The molecule has 0 aliphatic heterocycles. The molecule has 0 unspecified atom stereocenters. The number of rotatable bonds is 11. The number of carboxylic acid groups (broad SMARTS) is 1. The molecule has 0 aliphatic rings. The Hall–Kier alpha value is -4.34. The van der Waals surface area contributed by atoms with Crippen LogP contribution in [-0.4, -0.2) is 29.1 Å². The minimum Gasteiger partial charge on any atom is -0.478 e. The molecular weight excluding hydrogens is 476 g/mol. The normalized spacial score (nSPS) is 10.7. The molecular formula is C29H24O8. The predicted molar refractivity (Wildman–Crippen MR) is 134 cm³/mol. The van der Waals surface area contributed by atoms with Gasteiger partial charge in [0.1, 0.15) is 13.2 Å². The molecule has 0 saturated carbocycles. The van der Waals surface area contributed by atoms with Crippen LogP contribution in [0.25, 0.3) is 22.3 Å². The van der Waals surface area contributed by atoms with Gasteiger partial charge in [-0.05, 0) is 51.6 Å². The Morgan fingerprint density at radius 1 is 0.622 bits per heavy atom. The fourth-order valence-electron chi connectivity index (χ4n) is 3.78. The van der Waals surface area contributed by atoms with Gasteiger partial charge in [-0.25, -0.2) is 19.4 Å². The lowest BCUT2D eigenvalue weighted by atomic mass is 9.99. The summed E-state index contributed by atoms with van der Waals surface area (Å²) in [5, 5.41) is 18.5. The standard InChI is InChI=1S/C29H24O8/c30-28(31)27-16-23(21-9-5-2-6-10-21)13-14-26(27)29(32)34-19-37-36-18-24-12-11-22(15-25(24)17-35-33)20-7-3-1-4-8-20/h1-16,33H,17-19H2,(H,30,31). The molecule has 2 N–H and O–H groups in total. The Morgan fingerprint density at radius 3 is 1.86 bits per heavy atom. The smallest absolute Gasteiger partial charge is 0.341 e. The molecule has 0 saturated heterocycles. The summed E-state index contributed by atoms with van der Waals surface area (Å²) in [4.78, 5) is 38.7. The number of carboxylic acids is 1. The highest BCUT2D eigenvalue weighted by Crippen LogP contribution is 2.25. The van der Waals surface area contributed by atoms with Crippen molar-refractivity contribution in [3.8, 4) is 22.3 Å². The molecule has 4 aromatic rings. The molecule has 8 nitrogen and oxygen atoms in total. The van der Waals surface area contributed by atoms with E-state index in [2.05, 4.69) is 4.89 Å². The number of esters is 1. The van der Waals surface area contributed by atoms with Crippen molar-refractivity contribution in [1.82, 2.24) is 0 Å². The maximum Gasteiger partial charge on any atom is 0.341 e. The SMILES string of the molecule is O=C(O)c1cc(-c2ccccc2)ccc1C(=O)OCOOCc1ccc(-c2ccccc2)cc1COO. The Bertz CT molecular complexity index is 1350. The van der Waals surface area contributed by atoms with Crippen molar-refractivity contribution in [1.29, 1.82) is 0 Å². The van der Waals surface area contributed by atoms with Crippen LogP contribution in [0, 0.1) is 0 Å². The number of ether oxygens (including phenoxy) is 1. The van der Waals surface area contributed by atoms with Crippen molar-refractivity contribution in [3.63, 3.8) is 0 Å². The first-order valence-electron chi connectivity index (χ1n) is 11.3. The van der Waals surface area contributed by atoms with Crippen LogP contribution in [0.4, 0.5) is 0 Å². The summed E-state index contributed by atoms with van der Waals surface area (Å²) in [5.74, 6) is -2.11. The third kappa shape index (κ3) is 6.66. The third-order valence-electron chi connectivity index (χ3n) is 5.65.